The second-order valence-electron chi connectivity index (χ2n) is 11.3. The standard InChI is InChI=1S/C30H40F3N5O2/c31-30(32,33)24-5-3-7-26(19-24)36-15-17-37(18-16-36)28-11-14-35(21-25-6-1-2-12-34-25)20-23(28)9-10-29(40)38-13-4-8-27(38)22-39/h1-3,5-7,12,19,23,27-28,39H,4,8-11,13-18,20-22H2/t23-,27-,28+/m0/s1. The van der Waals surface area contributed by atoms with Crippen molar-refractivity contribution in [3.8, 4) is 0 Å². The number of piperidine rings is 1. The first-order valence-electron chi connectivity index (χ1n) is 14.5. The predicted molar refractivity (Wildman–Crippen MR) is 148 cm³/mol. The molecule has 10 heteroatoms. The van der Waals surface area contributed by atoms with Crippen LogP contribution in [-0.4, -0.2) is 95.2 Å². The maximum Gasteiger partial charge on any atom is 0.416 e. The van der Waals surface area contributed by atoms with Crippen molar-refractivity contribution in [3.63, 3.8) is 0 Å². The van der Waals surface area contributed by atoms with Gasteiger partial charge in [-0.15, -0.1) is 0 Å². The summed E-state index contributed by atoms with van der Waals surface area (Å²) in [5.74, 6) is 0.434. The van der Waals surface area contributed by atoms with Gasteiger partial charge in [-0.3, -0.25) is 19.6 Å². The highest BCUT2D eigenvalue weighted by Gasteiger charge is 2.37. The predicted octanol–water partition coefficient (Wildman–Crippen LogP) is 3.88. The molecular formula is C30H40F3N5O2. The number of hydrogen-bond donors (Lipinski definition) is 1. The normalized spacial score (nSPS) is 24.9. The number of benzene rings is 1. The monoisotopic (exact) mass is 559 g/mol. The van der Waals surface area contributed by atoms with Gasteiger partial charge in [0, 0.05) is 76.7 Å². The number of carbonyl (C=O) groups is 1. The van der Waals surface area contributed by atoms with Crippen LogP contribution in [-0.2, 0) is 17.5 Å². The van der Waals surface area contributed by atoms with Gasteiger partial charge in [0.2, 0.25) is 5.91 Å². The Kier molecular flexibility index (Phi) is 9.27. The Morgan fingerprint density at radius 3 is 2.55 bits per heavy atom. The molecule has 3 fully saturated rings. The van der Waals surface area contributed by atoms with Crippen molar-refractivity contribution >= 4 is 11.6 Å². The molecule has 1 amide bonds. The number of amides is 1. The molecule has 1 aromatic heterocycles. The smallest absolute Gasteiger partial charge is 0.394 e. The van der Waals surface area contributed by atoms with Gasteiger partial charge in [0.05, 0.1) is 23.9 Å². The molecule has 0 radical (unpaired) electrons. The Hall–Kier alpha value is -2.69. The minimum absolute atomic E-state index is 0.0196. The van der Waals surface area contributed by atoms with Crippen LogP contribution >= 0.6 is 0 Å². The summed E-state index contributed by atoms with van der Waals surface area (Å²) in [7, 11) is 0. The minimum Gasteiger partial charge on any atom is -0.394 e. The van der Waals surface area contributed by atoms with Crippen molar-refractivity contribution < 1.29 is 23.1 Å². The number of aliphatic hydroxyl groups is 1. The van der Waals surface area contributed by atoms with Crippen molar-refractivity contribution in [2.45, 2.75) is 56.9 Å². The maximum atomic E-state index is 13.2. The molecule has 3 aliphatic rings. The number of piperazine rings is 1. The number of pyridine rings is 1. The zero-order valence-corrected chi connectivity index (χ0v) is 23.0. The van der Waals surface area contributed by atoms with E-state index >= 15 is 0 Å². The minimum atomic E-state index is -4.35. The molecule has 3 aliphatic heterocycles. The Morgan fingerprint density at radius 1 is 1.00 bits per heavy atom. The van der Waals surface area contributed by atoms with Crippen molar-refractivity contribution in [2.75, 3.05) is 57.3 Å². The van der Waals surface area contributed by atoms with Crippen LogP contribution in [0.3, 0.4) is 0 Å². The van der Waals surface area contributed by atoms with Gasteiger partial charge in [0.15, 0.2) is 0 Å². The second-order valence-corrected chi connectivity index (χ2v) is 11.3. The van der Waals surface area contributed by atoms with E-state index in [4.69, 9.17) is 0 Å². The lowest BCUT2D eigenvalue weighted by Crippen LogP contribution is -2.56. The van der Waals surface area contributed by atoms with Crippen LogP contribution in [0.5, 0.6) is 0 Å². The van der Waals surface area contributed by atoms with E-state index in [2.05, 4.69) is 14.8 Å². The van der Waals surface area contributed by atoms with E-state index < -0.39 is 11.7 Å². The SMILES string of the molecule is O=C(CC[C@H]1CN(Cc2ccccn2)CC[C@H]1N1CCN(c2cccc(C(F)(F)F)c2)CC1)N1CCC[C@H]1CO. The first-order chi connectivity index (χ1) is 19.3. The number of halogens is 3. The zero-order valence-electron chi connectivity index (χ0n) is 23.0. The van der Waals surface area contributed by atoms with Crippen molar-refractivity contribution in [2.24, 2.45) is 5.92 Å². The zero-order chi connectivity index (χ0) is 28.1. The highest BCUT2D eigenvalue weighted by molar-refractivity contribution is 5.76. The third kappa shape index (κ3) is 6.95. The molecule has 7 nitrogen and oxygen atoms in total. The number of anilines is 1. The molecule has 218 valence electrons. The van der Waals surface area contributed by atoms with E-state index in [0.29, 0.717) is 37.2 Å². The summed E-state index contributed by atoms with van der Waals surface area (Å²) < 4.78 is 39.7. The molecule has 4 heterocycles. The van der Waals surface area contributed by atoms with Crippen LogP contribution in [0.4, 0.5) is 18.9 Å². The van der Waals surface area contributed by atoms with Crippen LogP contribution < -0.4 is 4.90 Å². The molecule has 40 heavy (non-hydrogen) atoms. The maximum absolute atomic E-state index is 13.2. The fourth-order valence-electron chi connectivity index (χ4n) is 6.72. The quantitative estimate of drug-likeness (QED) is 0.530. The molecule has 0 unspecified atom stereocenters. The van der Waals surface area contributed by atoms with Gasteiger partial charge in [-0.25, -0.2) is 0 Å². The first-order valence-corrected chi connectivity index (χ1v) is 14.5. The topological polar surface area (TPSA) is 63.2 Å². The van der Waals surface area contributed by atoms with Gasteiger partial charge in [0.25, 0.3) is 0 Å². The Morgan fingerprint density at radius 2 is 1.82 bits per heavy atom. The van der Waals surface area contributed by atoms with E-state index in [0.717, 1.165) is 76.7 Å². The number of likely N-dealkylation sites (tertiary alicyclic amines) is 2. The van der Waals surface area contributed by atoms with Crippen LogP contribution in [0.25, 0.3) is 0 Å². The average Bonchev–Trinajstić information content (AvgIpc) is 3.46. The van der Waals surface area contributed by atoms with E-state index in [1.54, 1.807) is 6.07 Å². The van der Waals surface area contributed by atoms with Gasteiger partial charge in [0.1, 0.15) is 0 Å². The molecule has 3 atom stereocenters. The van der Waals surface area contributed by atoms with Gasteiger partial charge in [-0.2, -0.15) is 13.2 Å². The lowest BCUT2D eigenvalue weighted by molar-refractivity contribution is -0.137. The summed E-state index contributed by atoms with van der Waals surface area (Å²) in [6, 6.07) is 11.8. The Labute approximate surface area is 234 Å². The summed E-state index contributed by atoms with van der Waals surface area (Å²) in [5, 5.41) is 9.68. The van der Waals surface area contributed by atoms with Crippen LogP contribution in [0.1, 0.15) is 43.4 Å². The van der Waals surface area contributed by atoms with Crippen LogP contribution in [0.15, 0.2) is 48.7 Å². The van der Waals surface area contributed by atoms with Crippen molar-refractivity contribution in [1.29, 1.82) is 0 Å². The Balaban J connectivity index is 1.23. The molecule has 0 bridgehead atoms. The lowest BCUT2D eigenvalue weighted by atomic mass is 9.86. The number of carbonyl (C=O) groups excluding carboxylic acids is 1. The average molecular weight is 560 g/mol. The number of alkyl halides is 3. The largest absolute Gasteiger partial charge is 0.416 e. The lowest BCUT2D eigenvalue weighted by Gasteiger charge is -2.47. The van der Waals surface area contributed by atoms with Gasteiger partial charge < -0.3 is 14.9 Å². The van der Waals surface area contributed by atoms with E-state index in [1.165, 1.54) is 12.1 Å². The van der Waals surface area contributed by atoms with Crippen LogP contribution in [0.2, 0.25) is 0 Å². The molecular weight excluding hydrogens is 519 g/mol. The summed E-state index contributed by atoms with van der Waals surface area (Å²) in [6.45, 7) is 6.26. The second kappa shape index (κ2) is 12.9. The molecule has 3 saturated heterocycles. The van der Waals surface area contributed by atoms with E-state index in [1.807, 2.05) is 34.2 Å². The summed E-state index contributed by atoms with van der Waals surface area (Å²) in [5.41, 5.74) is 1.04. The fraction of sp³-hybridized carbons (Fsp3) is 0.600. The van der Waals surface area contributed by atoms with Crippen LogP contribution in [0, 0.1) is 5.92 Å². The number of rotatable bonds is 8. The number of aromatic nitrogens is 1. The third-order valence-electron chi connectivity index (χ3n) is 8.85. The van der Waals surface area contributed by atoms with E-state index in [-0.39, 0.29) is 18.6 Å². The first kappa shape index (κ1) is 28.8. The molecule has 2 aromatic rings. The summed E-state index contributed by atoms with van der Waals surface area (Å²) in [6.07, 6.45) is 1.51. The molecule has 1 aromatic carbocycles. The highest BCUT2D eigenvalue weighted by Crippen LogP contribution is 2.33. The molecule has 0 aliphatic carbocycles. The van der Waals surface area contributed by atoms with Gasteiger partial charge in [-0.05, 0) is 61.9 Å². The number of aliphatic hydroxyl groups excluding tert-OH is 1. The highest BCUT2D eigenvalue weighted by atomic mass is 19.4. The summed E-state index contributed by atoms with van der Waals surface area (Å²) >= 11 is 0. The summed E-state index contributed by atoms with van der Waals surface area (Å²) in [4.78, 5) is 26.4. The number of nitrogens with zero attached hydrogens (tertiary/aromatic N) is 5. The molecule has 1 N–H and O–H groups in total. The van der Waals surface area contributed by atoms with Crippen molar-refractivity contribution in [3.05, 3.63) is 59.9 Å². The fourth-order valence-corrected chi connectivity index (χ4v) is 6.72. The molecule has 5 rings (SSSR count). The molecule has 0 spiro atoms. The van der Waals surface area contributed by atoms with Gasteiger partial charge in [-0.1, -0.05) is 12.1 Å². The van der Waals surface area contributed by atoms with Gasteiger partial charge >= 0.3 is 6.18 Å². The third-order valence-corrected chi connectivity index (χ3v) is 8.85. The molecule has 0 saturated carbocycles. The van der Waals surface area contributed by atoms with E-state index in [9.17, 15) is 23.1 Å². The Bertz CT molecular complexity index is 1110. The number of hydrogen-bond acceptors (Lipinski definition) is 6. The van der Waals surface area contributed by atoms with Crippen molar-refractivity contribution in [1.82, 2.24) is 19.7 Å².